The molecule has 3 N–H and O–H groups in total. The Labute approximate surface area is 136 Å². The monoisotopic (exact) mass is 325 g/mol. The lowest BCUT2D eigenvalue weighted by Gasteiger charge is -2.23. The lowest BCUT2D eigenvalue weighted by atomic mass is 10.1. The van der Waals surface area contributed by atoms with Gasteiger partial charge in [-0.1, -0.05) is 6.07 Å². The molecule has 0 saturated heterocycles. The Balaban J connectivity index is 2.57. The summed E-state index contributed by atoms with van der Waals surface area (Å²) in [5.41, 5.74) is 5.82. The van der Waals surface area contributed by atoms with Crippen molar-refractivity contribution in [2.45, 2.75) is 32.7 Å². The Bertz CT molecular complexity index is 541. The minimum atomic E-state index is -0.221. The second-order valence-electron chi connectivity index (χ2n) is 5.73. The second-order valence-corrected chi connectivity index (χ2v) is 6.14. The predicted octanol–water partition coefficient (Wildman–Crippen LogP) is 1.54. The number of nitrogens with one attached hydrogen (secondary N) is 3. The standard InChI is InChI=1S/C15H23N3O3S/c1-15(2,3)16-14(22)18-17-13(19)8-10-6-7-11(20-4)9-12(10)21-5/h6-7,9H,8H2,1-5H3,(H,17,19)(H2,16,18,22). The zero-order valence-electron chi connectivity index (χ0n) is 13.6. The molecule has 122 valence electrons. The van der Waals surface area contributed by atoms with E-state index in [-0.39, 0.29) is 17.9 Å². The fourth-order valence-electron chi connectivity index (χ4n) is 1.71. The third-order valence-electron chi connectivity index (χ3n) is 2.65. The Kier molecular flexibility index (Phi) is 6.42. The summed E-state index contributed by atoms with van der Waals surface area (Å²) in [7, 11) is 3.13. The van der Waals surface area contributed by atoms with Gasteiger partial charge in [-0.25, -0.2) is 0 Å². The molecule has 0 aliphatic heterocycles. The molecule has 0 aromatic heterocycles. The van der Waals surface area contributed by atoms with E-state index in [4.69, 9.17) is 21.7 Å². The molecule has 1 aromatic rings. The molecule has 0 unspecified atom stereocenters. The molecule has 1 amide bonds. The van der Waals surface area contributed by atoms with Crippen molar-refractivity contribution in [3.8, 4) is 11.5 Å². The van der Waals surface area contributed by atoms with Crippen molar-refractivity contribution >= 4 is 23.2 Å². The minimum Gasteiger partial charge on any atom is -0.497 e. The Hall–Kier alpha value is -2.02. The van der Waals surface area contributed by atoms with E-state index in [1.165, 1.54) is 0 Å². The molecule has 0 radical (unpaired) electrons. The Morgan fingerprint density at radius 3 is 2.41 bits per heavy atom. The van der Waals surface area contributed by atoms with Crippen LogP contribution in [0.25, 0.3) is 0 Å². The van der Waals surface area contributed by atoms with Crippen LogP contribution in [0.15, 0.2) is 18.2 Å². The highest BCUT2D eigenvalue weighted by Crippen LogP contribution is 2.24. The summed E-state index contributed by atoms with van der Waals surface area (Å²) in [6.07, 6.45) is 0.165. The Morgan fingerprint density at radius 1 is 1.18 bits per heavy atom. The average molecular weight is 325 g/mol. The van der Waals surface area contributed by atoms with E-state index in [9.17, 15) is 4.79 Å². The van der Waals surface area contributed by atoms with Gasteiger partial charge in [-0.2, -0.15) is 0 Å². The normalized spacial score (nSPS) is 10.6. The largest absolute Gasteiger partial charge is 0.497 e. The molecule has 7 heteroatoms. The zero-order valence-corrected chi connectivity index (χ0v) is 14.4. The van der Waals surface area contributed by atoms with Gasteiger partial charge in [-0.05, 0) is 39.1 Å². The van der Waals surface area contributed by atoms with Crippen LogP contribution in [-0.4, -0.2) is 30.8 Å². The third-order valence-corrected chi connectivity index (χ3v) is 2.85. The van der Waals surface area contributed by atoms with Crippen molar-refractivity contribution in [2.24, 2.45) is 0 Å². The van der Waals surface area contributed by atoms with Gasteiger partial charge in [-0.3, -0.25) is 15.6 Å². The molecule has 0 spiro atoms. The van der Waals surface area contributed by atoms with Crippen molar-refractivity contribution < 1.29 is 14.3 Å². The number of benzene rings is 1. The Morgan fingerprint density at radius 2 is 1.86 bits per heavy atom. The first kappa shape index (κ1) is 18.0. The molecule has 1 rings (SSSR count). The third kappa shape index (κ3) is 6.17. The van der Waals surface area contributed by atoms with Gasteiger partial charge in [0.05, 0.1) is 20.6 Å². The molecule has 6 nitrogen and oxygen atoms in total. The van der Waals surface area contributed by atoms with Crippen LogP contribution in [0.5, 0.6) is 11.5 Å². The molecule has 0 saturated carbocycles. The van der Waals surface area contributed by atoms with Crippen LogP contribution in [0, 0.1) is 0 Å². The molecule has 1 aromatic carbocycles. The van der Waals surface area contributed by atoms with Crippen molar-refractivity contribution in [3.63, 3.8) is 0 Å². The van der Waals surface area contributed by atoms with Gasteiger partial charge in [0.2, 0.25) is 5.91 Å². The maximum Gasteiger partial charge on any atom is 0.242 e. The molecule has 0 bridgehead atoms. The fraction of sp³-hybridized carbons (Fsp3) is 0.467. The maximum absolute atomic E-state index is 12.0. The number of thiocarbonyl (C=S) groups is 1. The van der Waals surface area contributed by atoms with Gasteiger partial charge in [0.15, 0.2) is 5.11 Å². The second kappa shape index (κ2) is 7.84. The maximum atomic E-state index is 12.0. The van der Waals surface area contributed by atoms with Gasteiger partial charge in [0.25, 0.3) is 0 Å². The van der Waals surface area contributed by atoms with E-state index in [1.54, 1.807) is 32.4 Å². The van der Waals surface area contributed by atoms with Crippen molar-refractivity contribution in [3.05, 3.63) is 23.8 Å². The highest BCUT2D eigenvalue weighted by molar-refractivity contribution is 7.80. The molecular weight excluding hydrogens is 302 g/mol. The van der Waals surface area contributed by atoms with Gasteiger partial charge in [-0.15, -0.1) is 0 Å². The predicted molar refractivity (Wildman–Crippen MR) is 90.0 cm³/mol. The summed E-state index contributed by atoms with van der Waals surface area (Å²) in [6, 6.07) is 5.31. The van der Waals surface area contributed by atoms with Crippen LogP contribution < -0.4 is 25.6 Å². The number of carbonyl (C=O) groups is 1. The van der Waals surface area contributed by atoms with Crippen molar-refractivity contribution in [1.29, 1.82) is 0 Å². The van der Waals surface area contributed by atoms with Crippen LogP contribution in [0.1, 0.15) is 26.3 Å². The molecule has 22 heavy (non-hydrogen) atoms. The van der Waals surface area contributed by atoms with Crippen LogP contribution in [0.4, 0.5) is 0 Å². The molecular formula is C15H23N3O3S. The quantitative estimate of drug-likeness (QED) is 0.576. The molecule has 0 atom stereocenters. The van der Waals surface area contributed by atoms with E-state index in [0.29, 0.717) is 16.6 Å². The van der Waals surface area contributed by atoms with Crippen LogP contribution >= 0.6 is 12.2 Å². The molecule has 0 fully saturated rings. The first-order valence-electron chi connectivity index (χ1n) is 6.83. The number of hydrazine groups is 1. The lowest BCUT2D eigenvalue weighted by molar-refractivity contribution is -0.121. The van der Waals surface area contributed by atoms with E-state index in [1.807, 2.05) is 20.8 Å². The summed E-state index contributed by atoms with van der Waals surface area (Å²) < 4.78 is 10.4. The van der Waals surface area contributed by atoms with Gasteiger partial charge >= 0.3 is 0 Å². The summed E-state index contributed by atoms with van der Waals surface area (Å²) >= 11 is 5.09. The lowest BCUT2D eigenvalue weighted by Crippen LogP contribution is -2.52. The van der Waals surface area contributed by atoms with Gasteiger partial charge in [0, 0.05) is 17.2 Å². The number of amides is 1. The topological polar surface area (TPSA) is 71.6 Å². The fourth-order valence-corrected chi connectivity index (χ4v) is 2.07. The minimum absolute atomic E-state index is 0.165. The highest BCUT2D eigenvalue weighted by atomic mass is 32.1. The van der Waals surface area contributed by atoms with E-state index in [0.717, 1.165) is 5.56 Å². The summed E-state index contributed by atoms with van der Waals surface area (Å²) in [5, 5.41) is 3.40. The average Bonchev–Trinajstić information content (AvgIpc) is 2.43. The van der Waals surface area contributed by atoms with E-state index < -0.39 is 0 Å². The number of hydrogen-bond acceptors (Lipinski definition) is 4. The summed E-state index contributed by atoms with van der Waals surface area (Å²) in [6.45, 7) is 5.93. The van der Waals surface area contributed by atoms with E-state index in [2.05, 4.69) is 16.2 Å². The first-order chi connectivity index (χ1) is 10.2. The van der Waals surface area contributed by atoms with Crippen LogP contribution in [0.3, 0.4) is 0 Å². The number of methoxy groups -OCH3 is 2. The molecule has 0 heterocycles. The van der Waals surface area contributed by atoms with Crippen molar-refractivity contribution in [1.82, 2.24) is 16.2 Å². The summed E-state index contributed by atoms with van der Waals surface area (Å²) in [5.74, 6) is 1.06. The highest BCUT2D eigenvalue weighted by Gasteiger charge is 2.13. The number of ether oxygens (including phenoxy) is 2. The van der Waals surface area contributed by atoms with Gasteiger partial charge in [0.1, 0.15) is 11.5 Å². The zero-order chi connectivity index (χ0) is 16.8. The summed E-state index contributed by atoms with van der Waals surface area (Å²) in [4.78, 5) is 12.0. The van der Waals surface area contributed by atoms with Gasteiger partial charge < -0.3 is 14.8 Å². The van der Waals surface area contributed by atoms with Crippen molar-refractivity contribution in [2.75, 3.05) is 14.2 Å². The number of hydrogen-bond donors (Lipinski definition) is 3. The number of rotatable bonds is 4. The van der Waals surface area contributed by atoms with E-state index >= 15 is 0 Å². The molecule has 0 aliphatic rings. The SMILES string of the molecule is COc1ccc(CC(=O)NNC(=S)NC(C)(C)C)c(OC)c1. The van der Waals surface area contributed by atoms with Crippen LogP contribution in [0.2, 0.25) is 0 Å². The first-order valence-corrected chi connectivity index (χ1v) is 7.24. The van der Waals surface area contributed by atoms with Crippen LogP contribution in [-0.2, 0) is 11.2 Å². The smallest absolute Gasteiger partial charge is 0.242 e. The number of carbonyl (C=O) groups excluding carboxylic acids is 1. The molecule has 0 aliphatic carbocycles.